The summed E-state index contributed by atoms with van der Waals surface area (Å²) in [6.45, 7) is -0.628. The van der Waals surface area contributed by atoms with E-state index in [1.807, 2.05) is 0 Å². The molecule has 9 heteroatoms. The lowest BCUT2D eigenvalue weighted by atomic mass is 9.83. The normalized spacial score (nSPS) is 20.8. The summed E-state index contributed by atoms with van der Waals surface area (Å²) >= 11 is 0. The summed E-state index contributed by atoms with van der Waals surface area (Å²) in [6, 6.07) is 17.0. The van der Waals surface area contributed by atoms with Gasteiger partial charge in [-0.1, -0.05) is 24.3 Å². The van der Waals surface area contributed by atoms with Crippen LogP contribution in [0.4, 0.5) is 0 Å². The van der Waals surface area contributed by atoms with Crippen molar-refractivity contribution < 1.29 is 44.5 Å². The fourth-order valence-electron chi connectivity index (χ4n) is 4.55. The Bertz CT molecular complexity index is 1190. The van der Waals surface area contributed by atoms with Crippen molar-refractivity contribution in [1.29, 1.82) is 0 Å². The van der Waals surface area contributed by atoms with Crippen LogP contribution in [0.5, 0.6) is 23.0 Å². The molecule has 0 bridgehead atoms. The van der Waals surface area contributed by atoms with Crippen LogP contribution in [0.2, 0.25) is 0 Å². The van der Waals surface area contributed by atoms with Crippen LogP contribution >= 0.6 is 0 Å². The third kappa shape index (κ3) is 5.70. The maximum atomic E-state index is 13.4. The highest BCUT2D eigenvalue weighted by molar-refractivity contribution is 5.99. The Hall–Kier alpha value is -3.63. The number of phenolic OH excluding ortho intramolecular Hbond substituents is 2. The summed E-state index contributed by atoms with van der Waals surface area (Å²) in [6.07, 6.45) is -2.71. The lowest BCUT2D eigenvalue weighted by Crippen LogP contribution is -2.29. The lowest BCUT2D eigenvalue weighted by molar-refractivity contribution is -0.000438. The molecule has 5 atom stereocenters. The molecule has 5 N–H and O–H groups in total. The second-order valence-electron chi connectivity index (χ2n) is 8.90. The third-order valence-electron chi connectivity index (χ3n) is 6.62. The fraction of sp³-hybridized carbons (Fsp3) is 0.321. The second-order valence-corrected chi connectivity index (χ2v) is 8.90. The molecule has 0 aromatic heterocycles. The first kappa shape index (κ1) is 26.4. The number of hydrogen-bond acceptors (Lipinski definition) is 9. The third-order valence-corrected chi connectivity index (χ3v) is 6.62. The van der Waals surface area contributed by atoms with Crippen LogP contribution < -0.4 is 9.47 Å². The molecule has 9 nitrogen and oxygen atoms in total. The Labute approximate surface area is 214 Å². The number of Topliss-reactive ketones (excluding diaryl/α,β-unsaturated/α-hetero) is 1. The first-order valence-electron chi connectivity index (χ1n) is 11.8. The maximum absolute atomic E-state index is 13.4. The summed E-state index contributed by atoms with van der Waals surface area (Å²) in [5.74, 6) is -0.683. The van der Waals surface area contributed by atoms with Crippen LogP contribution in [0.15, 0.2) is 66.7 Å². The Balaban J connectivity index is 1.51. The minimum Gasteiger partial charge on any atom is -0.508 e. The van der Waals surface area contributed by atoms with Crippen molar-refractivity contribution in [3.05, 3.63) is 83.4 Å². The standard InChI is InChI=1S/C28H30O9/c1-35-24-12-18(6-11-23(24)37-25(14-30)27(34)16-2-7-19(31)8-3-16)26(33)22-15-36-28(21(22)13-29)17-4-9-20(32)10-5-17/h2-12,21-22,25,27-32,34H,13-15H2,1H3/t21-,22+,25-,27-,28+/m1/s1. The van der Waals surface area contributed by atoms with E-state index in [4.69, 9.17) is 14.2 Å². The first-order valence-corrected chi connectivity index (χ1v) is 11.8. The summed E-state index contributed by atoms with van der Waals surface area (Å²) in [7, 11) is 1.41. The number of aliphatic hydroxyl groups is 3. The molecule has 37 heavy (non-hydrogen) atoms. The van der Waals surface area contributed by atoms with Crippen LogP contribution in [0.1, 0.15) is 33.7 Å². The van der Waals surface area contributed by atoms with Gasteiger partial charge in [0.1, 0.15) is 17.6 Å². The number of carbonyl (C=O) groups is 1. The molecule has 0 saturated carbocycles. The number of ether oxygens (including phenoxy) is 3. The van der Waals surface area contributed by atoms with E-state index in [2.05, 4.69) is 0 Å². The van der Waals surface area contributed by atoms with Gasteiger partial charge in [0.25, 0.3) is 0 Å². The molecular formula is C28H30O9. The fourth-order valence-corrected chi connectivity index (χ4v) is 4.55. The van der Waals surface area contributed by atoms with Crippen molar-refractivity contribution in [1.82, 2.24) is 0 Å². The van der Waals surface area contributed by atoms with Gasteiger partial charge in [-0.15, -0.1) is 0 Å². The van der Waals surface area contributed by atoms with E-state index in [0.29, 0.717) is 11.1 Å². The van der Waals surface area contributed by atoms with Gasteiger partial charge in [0.05, 0.1) is 32.3 Å². The number of rotatable bonds is 10. The lowest BCUT2D eigenvalue weighted by Gasteiger charge is -2.24. The Morgan fingerprint density at radius 1 is 0.973 bits per heavy atom. The zero-order chi connectivity index (χ0) is 26.5. The maximum Gasteiger partial charge on any atom is 0.168 e. The summed E-state index contributed by atoms with van der Waals surface area (Å²) < 4.78 is 17.1. The van der Waals surface area contributed by atoms with Crippen LogP contribution in [0, 0.1) is 11.8 Å². The zero-order valence-corrected chi connectivity index (χ0v) is 20.2. The highest BCUT2D eigenvalue weighted by Crippen LogP contribution is 2.41. The number of benzene rings is 3. The predicted octanol–water partition coefficient (Wildman–Crippen LogP) is 2.76. The van der Waals surface area contributed by atoms with E-state index in [9.17, 15) is 30.3 Å². The summed E-state index contributed by atoms with van der Waals surface area (Å²) in [4.78, 5) is 13.4. The molecule has 196 valence electrons. The minimum atomic E-state index is -1.19. The molecule has 0 spiro atoms. The van der Waals surface area contributed by atoms with E-state index in [0.717, 1.165) is 5.56 Å². The number of methoxy groups -OCH3 is 1. The monoisotopic (exact) mass is 510 g/mol. The van der Waals surface area contributed by atoms with Crippen molar-refractivity contribution in [3.8, 4) is 23.0 Å². The molecule has 1 aliphatic rings. The Morgan fingerprint density at radius 2 is 1.62 bits per heavy atom. The second kappa shape index (κ2) is 11.6. The van der Waals surface area contributed by atoms with E-state index >= 15 is 0 Å². The van der Waals surface area contributed by atoms with E-state index in [1.54, 1.807) is 18.2 Å². The number of hydrogen-bond donors (Lipinski definition) is 5. The van der Waals surface area contributed by atoms with Crippen LogP contribution in [0.3, 0.4) is 0 Å². The molecule has 1 fully saturated rings. The van der Waals surface area contributed by atoms with Crippen molar-refractivity contribution in [2.24, 2.45) is 11.8 Å². The molecule has 0 unspecified atom stereocenters. The molecule has 0 amide bonds. The smallest absolute Gasteiger partial charge is 0.168 e. The first-order chi connectivity index (χ1) is 17.9. The average Bonchev–Trinajstić information content (AvgIpc) is 3.36. The molecule has 0 radical (unpaired) electrons. The molecule has 3 aromatic rings. The highest BCUT2D eigenvalue weighted by Gasteiger charge is 2.42. The predicted molar refractivity (Wildman–Crippen MR) is 133 cm³/mol. The van der Waals surface area contributed by atoms with Gasteiger partial charge < -0.3 is 39.7 Å². The van der Waals surface area contributed by atoms with Gasteiger partial charge in [-0.05, 0) is 53.6 Å². The molecular weight excluding hydrogens is 480 g/mol. The van der Waals surface area contributed by atoms with Crippen molar-refractivity contribution in [3.63, 3.8) is 0 Å². The molecule has 4 rings (SSSR count). The van der Waals surface area contributed by atoms with Gasteiger partial charge in [0.15, 0.2) is 23.4 Å². The Morgan fingerprint density at radius 3 is 2.22 bits per heavy atom. The number of carbonyl (C=O) groups excluding carboxylic acids is 1. The van der Waals surface area contributed by atoms with Gasteiger partial charge in [-0.25, -0.2) is 0 Å². The van der Waals surface area contributed by atoms with Crippen molar-refractivity contribution in [2.45, 2.75) is 18.3 Å². The van der Waals surface area contributed by atoms with E-state index in [-0.39, 0.29) is 42.0 Å². The van der Waals surface area contributed by atoms with E-state index < -0.39 is 36.8 Å². The number of ketones is 1. The number of aromatic hydroxyl groups is 2. The van der Waals surface area contributed by atoms with Crippen LogP contribution in [-0.2, 0) is 4.74 Å². The van der Waals surface area contributed by atoms with Crippen LogP contribution in [-0.4, -0.2) is 64.4 Å². The van der Waals surface area contributed by atoms with Gasteiger partial charge in [-0.2, -0.15) is 0 Å². The molecule has 1 saturated heterocycles. The summed E-state index contributed by atoms with van der Waals surface area (Å²) in [5.41, 5.74) is 1.54. The van der Waals surface area contributed by atoms with Crippen molar-refractivity contribution >= 4 is 5.78 Å². The molecule has 0 aliphatic carbocycles. The largest absolute Gasteiger partial charge is 0.508 e. The topological polar surface area (TPSA) is 146 Å². The number of aliphatic hydroxyl groups excluding tert-OH is 3. The highest BCUT2D eigenvalue weighted by atomic mass is 16.5. The zero-order valence-electron chi connectivity index (χ0n) is 20.2. The summed E-state index contributed by atoms with van der Waals surface area (Å²) in [5, 5.41) is 49.6. The van der Waals surface area contributed by atoms with Gasteiger partial charge in [0.2, 0.25) is 0 Å². The quantitative estimate of drug-likeness (QED) is 0.260. The Kier molecular flexibility index (Phi) is 8.30. The SMILES string of the molecule is COc1cc(C(=O)[C@H]2CO[C@@H](c3ccc(O)cc3)[C@@H]2CO)ccc1O[C@H](CO)[C@H](O)c1ccc(O)cc1. The van der Waals surface area contributed by atoms with Gasteiger partial charge >= 0.3 is 0 Å². The van der Waals surface area contributed by atoms with Crippen molar-refractivity contribution in [2.75, 3.05) is 26.9 Å². The molecule has 1 heterocycles. The molecule has 1 aliphatic heterocycles. The minimum absolute atomic E-state index is 0.0461. The van der Waals surface area contributed by atoms with Gasteiger partial charge in [0, 0.05) is 18.1 Å². The van der Waals surface area contributed by atoms with Gasteiger partial charge in [-0.3, -0.25) is 4.79 Å². The van der Waals surface area contributed by atoms with E-state index in [1.165, 1.54) is 55.6 Å². The molecule has 3 aromatic carbocycles. The van der Waals surface area contributed by atoms with Crippen LogP contribution in [0.25, 0.3) is 0 Å². The average molecular weight is 511 g/mol. The number of phenols is 2.